The minimum atomic E-state index is -0.223. The van der Waals surface area contributed by atoms with Crippen LogP contribution in [0.5, 0.6) is 0 Å². The first kappa shape index (κ1) is 10.1. The van der Waals surface area contributed by atoms with Crippen molar-refractivity contribution in [3.05, 3.63) is 16.6 Å². The maximum absolute atomic E-state index is 10.9. The van der Waals surface area contributed by atoms with E-state index in [0.29, 0.717) is 13.0 Å². The van der Waals surface area contributed by atoms with Crippen molar-refractivity contribution in [2.24, 2.45) is 0 Å². The fourth-order valence-electron chi connectivity index (χ4n) is 0.774. The van der Waals surface area contributed by atoms with Gasteiger partial charge in [-0.3, -0.25) is 4.79 Å². The Morgan fingerprint density at radius 3 is 3.23 bits per heavy atom. The van der Waals surface area contributed by atoms with Gasteiger partial charge in [-0.15, -0.1) is 16.8 Å². The Kier molecular flexibility index (Phi) is 4.42. The molecule has 5 heteroatoms. The number of nitrogens with zero attached hydrogens (tertiary/aromatic N) is 1. The summed E-state index contributed by atoms with van der Waals surface area (Å²) in [6, 6.07) is 0. The molecule has 13 heavy (non-hydrogen) atoms. The summed E-state index contributed by atoms with van der Waals surface area (Å²) in [7, 11) is 0. The Morgan fingerprint density at radius 1 is 1.77 bits per heavy atom. The highest BCUT2D eigenvalue weighted by molar-refractivity contribution is 7.09. The van der Waals surface area contributed by atoms with Crippen LogP contribution in [0.3, 0.4) is 0 Å². The Bertz CT molecular complexity index is 249. The zero-order valence-electron chi connectivity index (χ0n) is 7.45. The molecule has 0 saturated carbocycles. The summed E-state index contributed by atoms with van der Waals surface area (Å²) in [6.45, 7) is 2.41. The topological polar surface area (TPSA) is 51.2 Å². The van der Waals surface area contributed by atoms with Crippen LogP contribution in [0.4, 0.5) is 0 Å². The third kappa shape index (κ3) is 4.00. The van der Waals surface area contributed by atoms with Crippen LogP contribution >= 0.6 is 11.3 Å². The van der Waals surface area contributed by atoms with Gasteiger partial charge in [-0.05, 0) is 6.42 Å². The van der Waals surface area contributed by atoms with Crippen LogP contribution in [-0.2, 0) is 16.2 Å². The number of hydrogen-bond acceptors (Lipinski definition) is 5. The Morgan fingerprint density at radius 2 is 2.62 bits per heavy atom. The number of rotatable bonds is 5. The van der Waals surface area contributed by atoms with Gasteiger partial charge in [0.1, 0.15) is 5.01 Å². The molecule has 0 saturated heterocycles. The van der Waals surface area contributed by atoms with Gasteiger partial charge < -0.3 is 4.84 Å². The highest BCUT2D eigenvalue weighted by Crippen LogP contribution is 2.02. The summed E-state index contributed by atoms with van der Waals surface area (Å²) >= 11 is 1.52. The van der Waals surface area contributed by atoms with Crippen LogP contribution in [-0.4, -0.2) is 11.0 Å². The van der Waals surface area contributed by atoms with Crippen molar-refractivity contribution in [1.29, 1.82) is 0 Å². The van der Waals surface area contributed by atoms with Crippen LogP contribution in [0.25, 0.3) is 0 Å². The van der Waals surface area contributed by atoms with Crippen molar-refractivity contribution < 1.29 is 9.63 Å². The lowest BCUT2D eigenvalue weighted by molar-refractivity contribution is -0.151. The highest BCUT2D eigenvalue weighted by Gasteiger charge is 2.00. The molecular weight excluding hydrogens is 188 g/mol. The Hall–Kier alpha value is -0.940. The van der Waals surface area contributed by atoms with E-state index in [4.69, 9.17) is 4.84 Å². The second-order valence-corrected chi connectivity index (χ2v) is 3.45. The van der Waals surface area contributed by atoms with Crippen molar-refractivity contribution in [2.75, 3.05) is 0 Å². The van der Waals surface area contributed by atoms with E-state index in [9.17, 15) is 4.79 Å². The maximum Gasteiger partial charge on any atom is 0.324 e. The van der Waals surface area contributed by atoms with Crippen LogP contribution in [0.15, 0.2) is 11.6 Å². The minimum Gasteiger partial charge on any atom is -0.370 e. The molecule has 1 N–H and O–H groups in total. The SMILES string of the molecule is CCCC(=O)ONCc1nccs1. The van der Waals surface area contributed by atoms with Gasteiger partial charge in [-0.25, -0.2) is 4.98 Å². The second-order valence-electron chi connectivity index (χ2n) is 2.47. The van der Waals surface area contributed by atoms with E-state index in [0.717, 1.165) is 11.4 Å². The number of hydrogen-bond donors (Lipinski definition) is 1. The third-order valence-electron chi connectivity index (χ3n) is 1.35. The van der Waals surface area contributed by atoms with Crippen LogP contribution in [0.1, 0.15) is 24.8 Å². The minimum absolute atomic E-state index is 0.223. The quantitative estimate of drug-likeness (QED) is 0.732. The number of carbonyl (C=O) groups is 1. The molecule has 0 unspecified atom stereocenters. The molecular formula is C8H12N2O2S. The largest absolute Gasteiger partial charge is 0.370 e. The van der Waals surface area contributed by atoms with Gasteiger partial charge in [0, 0.05) is 18.0 Å². The monoisotopic (exact) mass is 200 g/mol. The fourth-order valence-corrected chi connectivity index (χ4v) is 1.32. The first-order valence-corrected chi connectivity index (χ1v) is 5.01. The smallest absolute Gasteiger partial charge is 0.324 e. The zero-order valence-corrected chi connectivity index (χ0v) is 8.26. The van der Waals surface area contributed by atoms with E-state index < -0.39 is 0 Å². The molecule has 4 nitrogen and oxygen atoms in total. The number of carbonyl (C=O) groups excluding carboxylic acids is 1. The summed E-state index contributed by atoms with van der Waals surface area (Å²) in [5.41, 5.74) is 2.57. The predicted octanol–water partition coefficient (Wildman–Crippen LogP) is 1.49. The van der Waals surface area contributed by atoms with Gasteiger partial charge in [0.2, 0.25) is 0 Å². The van der Waals surface area contributed by atoms with E-state index in [-0.39, 0.29) is 5.97 Å². The number of aromatic nitrogens is 1. The summed E-state index contributed by atoms with van der Waals surface area (Å²) in [5.74, 6) is -0.223. The Labute approximate surface area is 80.9 Å². The molecule has 0 aliphatic rings. The second kappa shape index (κ2) is 5.66. The molecule has 0 radical (unpaired) electrons. The maximum atomic E-state index is 10.9. The predicted molar refractivity (Wildman–Crippen MR) is 50.0 cm³/mol. The highest BCUT2D eigenvalue weighted by atomic mass is 32.1. The van der Waals surface area contributed by atoms with E-state index in [1.54, 1.807) is 6.20 Å². The normalized spacial score (nSPS) is 9.92. The van der Waals surface area contributed by atoms with E-state index in [1.807, 2.05) is 12.3 Å². The van der Waals surface area contributed by atoms with Crippen molar-refractivity contribution in [3.8, 4) is 0 Å². The number of thiazole rings is 1. The van der Waals surface area contributed by atoms with Gasteiger partial charge in [0.15, 0.2) is 0 Å². The van der Waals surface area contributed by atoms with Gasteiger partial charge in [0.05, 0.1) is 6.54 Å². The Balaban J connectivity index is 2.11. The standard InChI is InChI=1S/C8H12N2O2S/c1-2-3-8(11)12-10-6-7-9-4-5-13-7/h4-5,10H,2-3,6H2,1H3. The van der Waals surface area contributed by atoms with Gasteiger partial charge in [-0.2, -0.15) is 0 Å². The third-order valence-corrected chi connectivity index (χ3v) is 2.13. The first-order valence-electron chi connectivity index (χ1n) is 4.14. The van der Waals surface area contributed by atoms with Crippen molar-refractivity contribution in [3.63, 3.8) is 0 Å². The number of hydroxylamine groups is 1. The zero-order chi connectivity index (χ0) is 9.52. The molecule has 0 aliphatic carbocycles. The molecule has 0 bridgehead atoms. The molecule has 0 aromatic carbocycles. The van der Waals surface area contributed by atoms with E-state index >= 15 is 0 Å². The molecule has 1 heterocycles. The molecule has 0 aliphatic heterocycles. The fraction of sp³-hybridized carbons (Fsp3) is 0.500. The van der Waals surface area contributed by atoms with Crippen LogP contribution < -0.4 is 5.48 Å². The van der Waals surface area contributed by atoms with Crippen LogP contribution in [0, 0.1) is 0 Å². The lowest BCUT2D eigenvalue weighted by Crippen LogP contribution is -2.19. The van der Waals surface area contributed by atoms with Crippen LogP contribution in [0.2, 0.25) is 0 Å². The van der Waals surface area contributed by atoms with Crippen molar-refractivity contribution in [1.82, 2.24) is 10.5 Å². The molecule has 0 amide bonds. The van der Waals surface area contributed by atoms with Gasteiger partial charge >= 0.3 is 5.97 Å². The molecule has 0 spiro atoms. The average molecular weight is 200 g/mol. The molecule has 0 fully saturated rings. The van der Waals surface area contributed by atoms with E-state index in [1.165, 1.54) is 11.3 Å². The summed E-state index contributed by atoms with van der Waals surface area (Å²) in [5, 5.41) is 2.79. The van der Waals surface area contributed by atoms with Crippen molar-refractivity contribution in [2.45, 2.75) is 26.3 Å². The summed E-state index contributed by atoms with van der Waals surface area (Å²) < 4.78 is 0. The summed E-state index contributed by atoms with van der Waals surface area (Å²) in [6.07, 6.45) is 2.97. The summed E-state index contributed by atoms with van der Waals surface area (Å²) in [4.78, 5) is 19.6. The molecule has 1 aromatic heterocycles. The first-order chi connectivity index (χ1) is 6.33. The van der Waals surface area contributed by atoms with E-state index in [2.05, 4.69) is 10.5 Å². The lowest BCUT2D eigenvalue weighted by atomic mass is 10.3. The molecule has 72 valence electrons. The molecule has 1 aromatic rings. The van der Waals surface area contributed by atoms with Crippen molar-refractivity contribution >= 4 is 17.3 Å². The lowest BCUT2D eigenvalue weighted by Gasteiger charge is -2.02. The van der Waals surface area contributed by atoms with Gasteiger partial charge in [-0.1, -0.05) is 6.92 Å². The molecule has 0 atom stereocenters. The average Bonchev–Trinajstić information content (AvgIpc) is 2.57. The molecule has 1 rings (SSSR count). The van der Waals surface area contributed by atoms with Gasteiger partial charge in [0.25, 0.3) is 0 Å². The number of nitrogens with one attached hydrogen (secondary N) is 1.